The molecule has 0 aromatic heterocycles. The molecule has 1 rings (SSSR count). The minimum Gasteiger partial charge on any atom is -0.478 e. The van der Waals surface area contributed by atoms with Gasteiger partial charge >= 0.3 is 0 Å². The van der Waals surface area contributed by atoms with Gasteiger partial charge in [0.25, 0.3) is 5.91 Å². The van der Waals surface area contributed by atoms with Crippen molar-refractivity contribution in [1.29, 1.82) is 0 Å². The second-order valence-corrected chi connectivity index (χ2v) is 3.67. The fourth-order valence-corrected chi connectivity index (χ4v) is 1.40. The van der Waals surface area contributed by atoms with E-state index in [1.807, 2.05) is 0 Å². The number of likely N-dealkylation sites (N-methyl/N-ethyl adjacent to an activating group) is 1. The highest BCUT2D eigenvalue weighted by molar-refractivity contribution is 5.80. The highest BCUT2D eigenvalue weighted by atomic mass is 19.1. The molecule has 4 nitrogen and oxygen atoms in total. The van der Waals surface area contributed by atoms with Gasteiger partial charge in [0.15, 0.2) is 17.7 Å². The quantitative estimate of drug-likeness (QED) is 0.809. The van der Waals surface area contributed by atoms with Gasteiger partial charge in [0.2, 0.25) is 0 Å². The van der Waals surface area contributed by atoms with Crippen LogP contribution < -0.4 is 15.4 Å². The Morgan fingerprint density at radius 3 is 2.71 bits per heavy atom. The summed E-state index contributed by atoms with van der Waals surface area (Å²) in [6, 6.07) is 4.68. The molecule has 94 valence electrons. The summed E-state index contributed by atoms with van der Waals surface area (Å²) in [5, 5.41) is 5.37. The van der Waals surface area contributed by atoms with Crippen LogP contribution in [0.2, 0.25) is 0 Å². The van der Waals surface area contributed by atoms with E-state index < -0.39 is 11.9 Å². The van der Waals surface area contributed by atoms with Crippen molar-refractivity contribution in [1.82, 2.24) is 10.6 Å². The van der Waals surface area contributed by atoms with Crippen LogP contribution >= 0.6 is 0 Å². The normalized spacial score (nSPS) is 12.0. The van der Waals surface area contributed by atoms with Crippen LogP contribution in [0, 0.1) is 5.82 Å². The molecule has 0 radical (unpaired) electrons. The summed E-state index contributed by atoms with van der Waals surface area (Å²) >= 11 is 0. The van der Waals surface area contributed by atoms with Crippen LogP contribution in [0.15, 0.2) is 18.2 Å². The van der Waals surface area contributed by atoms with E-state index in [4.69, 9.17) is 4.74 Å². The standard InChI is InChI=1S/C12H17FN2O2/c1-8(12(16)15-3)17-11-5-4-9(7-14-2)6-10(11)13/h4-6,8,14H,7H2,1-3H3,(H,15,16). The van der Waals surface area contributed by atoms with Gasteiger partial charge < -0.3 is 15.4 Å². The molecule has 17 heavy (non-hydrogen) atoms. The molecule has 0 aliphatic heterocycles. The van der Waals surface area contributed by atoms with Crippen LogP contribution in [0.3, 0.4) is 0 Å². The molecule has 0 spiro atoms. The summed E-state index contributed by atoms with van der Waals surface area (Å²) in [7, 11) is 3.30. The van der Waals surface area contributed by atoms with Gasteiger partial charge in [0, 0.05) is 13.6 Å². The van der Waals surface area contributed by atoms with Crippen molar-refractivity contribution < 1.29 is 13.9 Å². The molecule has 0 fully saturated rings. The first kappa shape index (κ1) is 13.4. The maximum atomic E-state index is 13.6. The Morgan fingerprint density at radius 2 is 2.18 bits per heavy atom. The molecule has 1 aromatic carbocycles. The van der Waals surface area contributed by atoms with E-state index in [1.165, 1.54) is 19.2 Å². The number of hydrogen-bond donors (Lipinski definition) is 2. The molecule has 0 heterocycles. The van der Waals surface area contributed by atoms with Gasteiger partial charge in [-0.3, -0.25) is 4.79 Å². The van der Waals surface area contributed by atoms with Gasteiger partial charge in [-0.05, 0) is 31.7 Å². The van der Waals surface area contributed by atoms with Crippen LogP contribution in [0.25, 0.3) is 0 Å². The lowest BCUT2D eigenvalue weighted by atomic mass is 10.2. The monoisotopic (exact) mass is 240 g/mol. The van der Waals surface area contributed by atoms with Crippen LogP contribution in [-0.2, 0) is 11.3 Å². The van der Waals surface area contributed by atoms with E-state index in [-0.39, 0.29) is 11.7 Å². The number of amides is 1. The number of carbonyl (C=O) groups is 1. The molecule has 0 aliphatic carbocycles. The third kappa shape index (κ3) is 3.71. The zero-order chi connectivity index (χ0) is 12.8. The van der Waals surface area contributed by atoms with Crippen LogP contribution in [0.1, 0.15) is 12.5 Å². The average molecular weight is 240 g/mol. The number of ether oxygens (including phenoxy) is 1. The maximum absolute atomic E-state index is 13.6. The van der Waals surface area contributed by atoms with Crippen LogP contribution in [0.4, 0.5) is 4.39 Å². The first-order valence-electron chi connectivity index (χ1n) is 5.39. The number of hydrogen-bond acceptors (Lipinski definition) is 3. The van der Waals surface area contributed by atoms with E-state index in [2.05, 4.69) is 10.6 Å². The fraction of sp³-hybridized carbons (Fsp3) is 0.417. The molecular weight excluding hydrogens is 223 g/mol. The second-order valence-electron chi connectivity index (χ2n) is 3.67. The molecule has 1 unspecified atom stereocenters. The first-order valence-corrected chi connectivity index (χ1v) is 5.39. The lowest BCUT2D eigenvalue weighted by molar-refractivity contribution is -0.126. The van der Waals surface area contributed by atoms with Crippen molar-refractivity contribution >= 4 is 5.91 Å². The van der Waals surface area contributed by atoms with Crippen molar-refractivity contribution in [3.8, 4) is 5.75 Å². The summed E-state index contributed by atoms with van der Waals surface area (Å²) in [6.07, 6.45) is -0.718. The topological polar surface area (TPSA) is 50.4 Å². The van der Waals surface area contributed by atoms with Crippen molar-refractivity contribution in [2.75, 3.05) is 14.1 Å². The van der Waals surface area contributed by atoms with E-state index in [1.54, 1.807) is 20.0 Å². The van der Waals surface area contributed by atoms with Crippen molar-refractivity contribution in [2.45, 2.75) is 19.6 Å². The Kier molecular flexibility index (Phi) is 4.90. The maximum Gasteiger partial charge on any atom is 0.260 e. The highest BCUT2D eigenvalue weighted by Gasteiger charge is 2.15. The number of halogens is 1. The Morgan fingerprint density at radius 1 is 1.47 bits per heavy atom. The van der Waals surface area contributed by atoms with E-state index in [9.17, 15) is 9.18 Å². The van der Waals surface area contributed by atoms with Gasteiger partial charge in [0.1, 0.15) is 0 Å². The number of rotatable bonds is 5. The Bertz CT molecular complexity index is 396. The second kappa shape index (κ2) is 6.20. The van der Waals surface area contributed by atoms with Gasteiger partial charge in [-0.25, -0.2) is 4.39 Å². The Balaban J connectivity index is 2.75. The van der Waals surface area contributed by atoms with Gasteiger partial charge in [-0.1, -0.05) is 6.07 Å². The largest absolute Gasteiger partial charge is 0.478 e. The summed E-state index contributed by atoms with van der Waals surface area (Å²) in [5.41, 5.74) is 0.824. The predicted molar refractivity (Wildman–Crippen MR) is 63.3 cm³/mol. The molecule has 0 bridgehead atoms. The molecule has 2 N–H and O–H groups in total. The Labute approximate surface area is 100 Å². The van der Waals surface area contributed by atoms with Crippen molar-refractivity contribution in [3.63, 3.8) is 0 Å². The summed E-state index contributed by atoms with van der Waals surface area (Å²) < 4.78 is 18.8. The lowest BCUT2D eigenvalue weighted by Gasteiger charge is -2.14. The van der Waals surface area contributed by atoms with Crippen LogP contribution in [-0.4, -0.2) is 26.1 Å². The summed E-state index contributed by atoms with van der Waals surface area (Å²) in [5.74, 6) is -0.668. The Hall–Kier alpha value is -1.62. The number of benzene rings is 1. The molecule has 0 aliphatic rings. The molecular formula is C12H17FN2O2. The van der Waals surface area contributed by atoms with Gasteiger partial charge in [0.05, 0.1) is 0 Å². The minimum absolute atomic E-state index is 0.0842. The SMILES string of the molecule is CNCc1ccc(OC(C)C(=O)NC)c(F)c1. The molecule has 0 saturated heterocycles. The lowest BCUT2D eigenvalue weighted by Crippen LogP contribution is -2.33. The minimum atomic E-state index is -0.718. The summed E-state index contributed by atoms with van der Waals surface area (Å²) in [4.78, 5) is 11.2. The highest BCUT2D eigenvalue weighted by Crippen LogP contribution is 2.19. The van der Waals surface area contributed by atoms with Crippen LogP contribution in [0.5, 0.6) is 5.75 Å². The van der Waals surface area contributed by atoms with Crippen molar-refractivity contribution in [2.24, 2.45) is 0 Å². The number of carbonyl (C=O) groups excluding carboxylic acids is 1. The van der Waals surface area contributed by atoms with Gasteiger partial charge in [-0.15, -0.1) is 0 Å². The third-order valence-corrected chi connectivity index (χ3v) is 2.30. The predicted octanol–water partition coefficient (Wildman–Crippen LogP) is 1.06. The average Bonchev–Trinajstić information content (AvgIpc) is 2.31. The summed E-state index contributed by atoms with van der Waals surface area (Å²) in [6.45, 7) is 2.15. The number of nitrogens with one attached hydrogen (secondary N) is 2. The fourth-order valence-electron chi connectivity index (χ4n) is 1.40. The van der Waals surface area contributed by atoms with E-state index in [0.29, 0.717) is 6.54 Å². The first-order chi connectivity index (χ1) is 8.08. The molecule has 5 heteroatoms. The van der Waals surface area contributed by atoms with Crippen molar-refractivity contribution in [3.05, 3.63) is 29.6 Å². The molecule has 1 atom stereocenters. The zero-order valence-corrected chi connectivity index (χ0v) is 10.2. The van der Waals surface area contributed by atoms with E-state index in [0.717, 1.165) is 5.56 Å². The molecule has 1 aromatic rings. The zero-order valence-electron chi connectivity index (χ0n) is 10.2. The van der Waals surface area contributed by atoms with E-state index >= 15 is 0 Å². The third-order valence-electron chi connectivity index (χ3n) is 2.30. The molecule has 0 saturated carbocycles. The smallest absolute Gasteiger partial charge is 0.260 e. The van der Waals surface area contributed by atoms with Gasteiger partial charge in [-0.2, -0.15) is 0 Å². The molecule has 1 amide bonds.